The van der Waals surface area contributed by atoms with Crippen molar-refractivity contribution in [2.75, 3.05) is 19.6 Å². The van der Waals surface area contributed by atoms with Gasteiger partial charge in [-0.15, -0.1) is 11.3 Å². The molecule has 0 radical (unpaired) electrons. The molecule has 1 unspecified atom stereocenters. The predicted octanol–water partition coefficient (Wildman–Crippen LogP) is 2.17. The second kappa shape index (κ2) is 6.52. The van der Waals surface area contributed by atoms with Gasteiger partial charge in [0.15, 0.2) is 0 Å². The Morgan fingerprint density at radius 2 is 2.47 bits per heavy atom. The van der Waals surface area contributed by atoms with E-state index >= 15 is 0 Å². The molecule has 1 aromatic heterocycles. The van der Waals surface area contributed by atoms with Gasteiger partial charge < -0.3 is 10.6 Å². The molecule has 1 aliphatic heterocycles. The van der Waals surface area contributed by atoms with Gasteiger partial charge in [-0.25, -0.2) is 0 Å². The van der Waals surface area contributed by atoms with Crippen LogP contribution in [0.4, 0.5) is 0 Å². The van der Waals surface area contributed by atoms with Crippen molar-refractivity contribution in [1.82, 2.24) is 10.6 Å². The number of halogens is 1. The molecule has 5 heteroatoms. The van der Waals surface area contributed by atoms with E-state index in [1.54, 1.807) is 11.3 Å². The largest absolute Gasteiger partial charge is 0.355 e. The number of carbonyl (C=O) groups is 1. The van der Waals surface area contributed by atoms with Crippen LogP contribution in [0.3, 0.4) is 0 Å². The first-order chi connectivity index (χ1) is 8.25. The lowest BCUT2D eigenvalue weighted by molar-refractivity contribution is -0.125. The van der Waals surface area contributed by atoms with Crippen LogP contribution in [0, 0.1) is 5.92 Å². The van der Waals surface area contributed by atoms with Crippen molar-refractivity contribution in [3.63, 3.8) is 0 Å². The van der Waals surface area contributed by atoms with E-state index in [2.05, 4.69) is 32.6 Å². The van der Waals surface area contributed by atoms with Gasteiger partial charge in [-0.2, -0.15) is 0 Å². The molecule has 94 valence electrons. The van der Waals surface area contributed by atoms with Gasteiger partial charge in [-0.3, -0.25) is 4.79 Å². The molecule has 3 nitrogen and oxygen atoms in total. The predicted molar refractivity (Wildman–Crippen MR) is 74.3 cm³/mol. The van der Waals surface area contributed by atoms with Crippen LogP contribution in [-0.2, 0) is 11.2 Å². The van der Waals surface area contributed by atoms with Crippen molar-refractivity contribution < 1.29 is 4.79 Å². The molecule has 0 spiro atoms. The van der Waals surface area contributed by atoms with Gasteiger partial charge in [0.05, 0.1) is 9.70 Å². The molecule has 1 aromatic rings. The average Bonchev–Trinajstić information content (AvgIpc) is 2.76. The Morgan fingerprint density at radius 1 is 1.59 bits per heavy atom. The third kappa shape index (κ3) is 4.08. The van der Waals surface area contributed by atoms with Gasteiger partial charge in [-0.1, -0.05) is 0 Å². The average molecular weight is 317 g/mol. The van der Waals surface area contributed by atoms with E-state index in [1.165, 1.54) is 4.88 Å². The van der Waals surface area contributed by atoms with E-state index < -0.39 is 0 Å². The molecular weight excluding hydrogens is 300 g/mol. The van der Waals surface area contributed by atoms with Crippen molar-refractivity contribution >= 4 is 33.2 Å². The molecule has 0 aromatic carbocycles. The number of nitrogens with one attached hydrogen (secondary N) is 2. The van der Waals surface area contributed by atoms with E-state index in [0.29, 0.717) is 0 Å². The van der Waals surface area contributed by atoms with E-state index in [-0.39, 0.29) is 11.8 Å². The van der Waals surface area contributed by atoms with Crippen LogP contribution in [0.5, 0.6) is 0 Å². The smallest absolute Gasteiger partial charge is 0.224 e. The lowest BCUT2D eigenvalue weighted by atomic mass is 9.99. The summed E-state index contributed by atoms with van der Waals surface area (Å²) in [7, 11) is 0. The van der Waals surface area contributed by atoms with Crippen LogP contribution in [-0.4, -0.2) is 25.5 Å². The Kier molecular flexibility index (Phi) is 5.00. The number of piperidine rings is 1. The Morgan fingerprint density at radius 3 is 3.12 bits per heavy atom. The highest BCUT2D eigenvalue weighted by atomic mass is 79.9. The summed E-state index contributed by atoms with van der Waals surface area (Å²) in [6.45, 7) is 2.62. The van der Waals surface area contributed by atoms with Crippen LogP contribution in [0.15, 0.2) is 15.9 Å². The summed E-state index contributed by atoms with van der Waals surface area (Å²) in [5, 5.41) is 6.28. The summed E-state index contributed by atoms with van der Waals surface area (Å²) in [6.07, 6.45) is 3.04. The zero-order chi connectivity index (χ0) is 12.1. The molecule has 2 N–H and O–H groups in total. The zero-order valence-electron chi connectivity index (χ0n) is 9.67. The van der Waals surface area contributed by atoms with Crippen LogP contribution in [0.25, 0.3) is 0 Å². The van der Waals surface area contributed by atoms with Crippen molar-refractivity contribution in [1.29, 1.82) is 0 Å². The number of hydrogen-bond acceptors (Lipinski definition) is 3. The zero-order valence-corrected chi connectivity index (χ0v) is 12.1. The molecule has 0 aliphatic carbocycles. The SMILES string of the molecule is O=C(NCCc1ccc(Br)s1)C1CCCNC1. The van der Waals surface area contributed by atoms with Gasteiger partial charge in [0, 0.05) is 18.0 Å². The van der Waals surface area contributed by atoms with Crippen molar-refractivity contribution in [2.24, 2.45) is 5.92 Å². The summed E-state index contributed by atoms with van der Waals surface area (Å²) in [4.78, 5) is 13.1. The van der Waals surface area contributed by atoms with Gasteiger partial charge in [0.1, 0.15) is 0 Å². The molecule has 1 saturated heterocycles. The maximum Gasteiger partial charge on any atom is 0.224 e. The molecule has 17 heavy (non-hydrogen) atoms. The van der Waals surface area contributed by atoms with Gasteiger partial charge in [-0.05, 0) is 53.9 Å². The minimum atomic E-state index is 0.166. The Labute approximate surface area is 114 Å². The number of hydrogen-bond donors (Lipinski definition) is 2. The van der Waals surface area contributed by atoms with Crippen molar-refractivity contribution in [2.45, 2.75) is 19.3 Å². The van der Waals surface area contributed by atoms with Crippen LogP contribution in [0.1, 0.15) is 17.7 Å². The highest BCUT2D eigenvalue weighted by molar-refractivity contribution is 9.11. The molecule has 2 heterocycles. The first-order valence-electron chi connectivity index (χ1n) is 5.98. The van der Waals surface area contributed by atoms with Crippen molar-refractivity contribution in [3.05, 3.63) is 20.8 Å². The summed E-state index contributed by atoms with van der Waals surface area (Å²) in [5.41, 5.74) is 0. The minimum absolute atomic E-state index is 0.166. The van der Waals surface area contributed by atoms with Gasteiger partial charge >= 0.3 is 0 Å². The quantitative estimate of drug-likeness (QED) is 0.894. The fourth-order valence-electron chi connectivity index (χ4n) is 2.01. The third-order valence-electron chi connectivity index (χ3n) is 2.97. The number of carbonyl (C=O) groups excluding carboxylic acids is 1. The molecular formula is C12H17BrN2OS. The topological polar surface area (TPSA) is 41.1 Å². The van der Waals surface area contributed by atoms with Crippen LogP contribution >= 0.6 is 27.3 Å². The summed E-state index contributed by atoms with van der Waals surface area (Å²) in [6, 6.07) is 4.15. The summed E-state index contributed by atoms with van der Waals surface area (Å²) in [5.74, 6) is 0.367. The summed E-state index contributed by atoms with van der Waals surface area (Å²) >= 11 is 5.17. The molecule has 0 bridgehead atoms. The summed E-state index contributed by atoms with van der Waals surface area (Å²) < 4.78 is 1.15. The van der Waals surface area contributed by atoms with E-state index in [4.69, 9.17) is 0 Å². The van der Waals surface area contributed by atoms with Crippen LogP contribution < -0.4 is 10.6 Å². The molecule has 0 saturated carbocycles. The first-order valence-corrected chi connectivity index (χ1v) is 7.59. The monoisotopic (exact) mass is 316 g/mol. The van der Waals surface area contributed by atoms with E-state index in [0.717, 1.165) is 42.7 Å². The fourth-order valence-corrected chi connectivity index (χ4v) is 3.50. The van der Waals surface area contributed by atoms with Crippen molar-refractivity contribution in [3.8, 4) is 0 Å². The normalized spacial score (nSPS) is 20.2. The Balaban J connectivity index is 1.69. The van der Waals surface area contributed by atoms with E-state index in [1.807, 2.05) is 6.07 Å². The molecule has 1 atom stereocenters. The standard InChI is InChI=1S/C12H17BrN2OS/c13-11-4-3-10(17-11)5-7-15-12(16)9-2-1-6-14-8-9/h3-4,9,14H,1-2,5-8H2,(H,15,16). The second-order valence-corrected chi connectivity index (χ2v) is 6.84. The molecule has 1 amide bonds. The fraction of sp³-hybridized carbons (Fsp3) is 0.583. The Hall–Kier alpha value is -0.390. The maximum atomic E-state index is 11.8. The second-order valence-electron chi connectivity index (χ2n) is 4.29. The lowest BCUT2D eigenvalue weighted by Crippen LogP contribution is -2.41. The van der Waals surface area contributed by atoms with Gasteiger partial charge in [0.25, 0.3) is 0 Å². The first kappa shape index (κ1) is 13.1. The maximum absolute atomic E-state index is 11.8. The van der Waals surface area contributed by atoms with Gasteiger partial charge in [0.2, 0.25) is 5.91 Å². The number of rotatable bonds is 4. The molecule has 2 rings (SSSR count). The number of amides is 1. The molecule has 1 aliphatic rings. The third-order valence-corrected chi connectivity index (χ3v) is 4.65. The van der Waals surface area contributed by atoms with E-state index in [9.17, 15) is 4.79 Å². The highest BCUT2D eigenvalue weighted by Crippen LogP contribution is 2.22. The lowest BCUT2D eigenvalue weighted by Gasteiger charge is -2.21. The Bertz CT molecular complexity index is 374. The highest BCUT2D eigenvalue weighted by Gasteiger charge is 2.20. The molecule has 1 fully saturated rings. The number of thiophene rings is 1. The minimum Gasteiger partial charge on any atom is -0.355 e. The van der Waals surface area contributed by atoms with Crippen LogP contribution in [0.2, 0.25) is 0 Å².